The summed E-state index contributed by atoms with van der Waals surface area (Å²) in [7, 11) is 1.85. The van der Waals surface area contributed by atoms with Crippen LogP contribution >= 0.6 is 23.4 Å². The van der Waals surface area contributed by atoms with Gasteiger partial charge < -0.3 is 14.6 Å². The van der Waals surface area contributed by atoms with E-state index in [2.05, 4.69) is 15.5 Å². The average molecular weight is 403 g/mol. The molecule has 0 saturated heterocycles. The fourth-order valence-electron chi connectivity index (χ4n) is 2.24. The molecule has 0 aliphatic carbocycles. The van der Waals surface area contributed by atoms with Crippen molar-refractivity contribution in [2.24, 2.45) is 7.05 Å². The van der Waals surface area contributed by atoms with Gasteiger partial charge in [0.15, 0.2) is 11.0 Å². The van der Waals surface area contributed by atoms with Gasteiger partial charge in [-0.05, 0) is 43.3 Å². The van der Waals surface area contributed by atoms with Gasteiger partial charge in [-0.1, -0.05) is 41.1 Å². The first-order chi connectivity index (χ1) is 13.0. The number of thioether (sulfide) groups is 1. The van der Waals surface area contributed by atoms with Crippen LogP contribution in [0.5, 0.6) is 5.75 Å². The van der Waals surface area contributed by atoms with Crippen LogP contribution in [0.3, 0.4) is 0 Å². The van der Waals surface area contributed by atoms with Crippen LogP contribution in [0.25, 0.3) is 0 Å². The highest BCUT2D eigenvalue weighted by Gasteiger charge is 2.12. The van der Waals surface area contributed by atoms with Crippen LogP contribution in [0.15, 0.2) is 53.7 Å². The van der Waals surface area contributed by atoms with Crippen molar-refractivity contribution in [1.82, 2.24) is 14.8 Å². The Morgan fingerprint density at radius 1 is 1.15 bits per heavy atom. The number of aryl methyl sites for hydroxylation is 1. The van der Waals surface area contributed by atoms with Crippen LogP contribution in [0.2, 0.25) is 5.02 Å². The van der Waals surface area contributed by atoms with Crippen LogP contribution in [0, 0.1) is 6.92 Å². The van der Waals surface area contributed by atoms with Crippen molar-refractivity contribution in [3.63, 3.8) is 0 Å². The zero-order valence-electron chi connectivity index (χ0n) is 15.0. The SMILES string of the molecule is Cc1ccc(NC(=O)CSc2nnc(COc3ccc(Cl)cc3)n2C)cc1. The van der Waals surface area contributed by atoms with Gasteiger partial charge in [0.25, 0.3) is 0 Å². The molecule has 1 aromatic heterocycles. The molecule has 0 aliphatic rings. The van der Waals surface area contributed by atoms with E-state index in [0.29, 0.717) is 21.8 Å². The van der Waals surface area contributed by atoms with Crippen LogP contribution in [-0.2, 0) is 18.4 Å². The van der Waals surface area contributed by atoms with Crippen molar-refractivity contribution in [2.75, 3.05) is 11.1 Å². The lowest BCUT2D eigenvalue weighted by atomic mass is 10.2. The number of rotatable bonds is 7. The lowest BCUT2D eigenvalue weighted by Gasteiger charge is -2.07. The van der Waals surface area contributed by atoms with Crippen LogP contribution < -0.4 is 10.1 Å². The summed E-state index contributed by atoms with van der Waals surface area (Å²) >= 11 is 7.18. The minimum atomic E-state index is -0.0918. The van der Waals surface area contributed by atoms with Crippen LogP contribution in [0.1, 0.15) is 11.4 Å². The molecule has 0 fully saturated rings. The number of amides is 1. The first kappa shape index (κ1) is 19.3. The Hall–Kier alpha value is -2.51. The maximum absolute atomic E-state index is 12.1. The van der Waals surface area contributed by atoms with E-state index in [1.54, 1.807) is 24.3 Å². The van der Waals surface area contributed by atoms with Crippen molar-refractivity contribution in [2.45, 2.75) is 18.7 Å². The number of halogens is 1. The normalized spacial score (nSPS) is 10.6. The second kappa shape index (κ2) is 8.92. The largest absolute Gasteiger partial charge is 0.486 e. The van der Waals surface area contributed by atoms with E-state index in [1.165, 1.54) is 11.8 Å². The Kier molecular flexibility index (Phi) is 6.36. The van der Waals surface area contributed by atoms with Gasteiger partial charge in [0.1, 0.15) is 12.4 Å². The molecular weight excluding hydrogens is 384 g/mol. The Bertz CT molecular complexity index is 910. The topological polar surface area (TPSA) is 69.0 Å². The Labute approximate surface area is 166 Å². The summed E-state index contributed by atoms with van der Waals surface area (Å²) in [6.45, 7) is 2.28. The van der Waals surface area contributed by atoms with E-state index in [1.807, 2.05) is 42.8 Å². The summed E-state index contributed by atoms with van der Waals surface area (Å²) in [6, 6.07) is 14.8. The maximum atomic E-state index is 12.1. The van der Waals surface area contributed by atoms with Gasteiger partial charge in [0.2, 0.25) is 5.91 Å². The minimum Gasteiger partial charge on any atom is -0.486 e. The zero-order valence-corrected chi connectivity index (χ0v) is 16.5. The summed E-state index contributed by atoms with van der Waals surface area (Å²) in [4.78, 5) is 12.1. The molecule has 0 atom stereocenters. The molecule has 1 N–H and O–H groups in total. The van der Waals surface area contributed by atoms with E-state index in [9.17, 15) is 4.79 Å². The maximum Gasteiger partial charge on any atom is 0.234 e. The predicted octanol–water partition coefficient (Wildman–Crippen LogP) is 4.09. The standard InChI is InChI=1S/C19H19ClN4O2S/c1-13-3-7-15(8-4-13)21-18(25)12-27-19-23-22-17(24(19)2)11-26-16-9-5-14(20)6-10-16/h3-10H,11-12H2,1-2H3,(H,21,25). The molecule has 3 rings (SSSR count). The molecule has 0 spiro atoms. The van der Waals surface area contributed by atoms with Gasteiger partial charge in [-0.15, -0.1) is 10.2 Å². The van der Waals surface area contributed by atoms with Crippen LogP contribution in [0.4, 0.5) is 5.69 Å². The third-order valence-corrected chi connectivity index (χ3v) is 5.05. The van der Waals surface area contributed by atoms with Crippen molar-refractivity contribution in [3.8, 4) is 5.75 Å². The number of carbonyl (C=O) groups is 1. The zero-order chi connectivity index (χ0) is 19.2. The van der Waals surface area contributed by atoms with Gasteiger partial charge >= 0.3 is 0 Å². The smallest absolute Gasteiger partial charge is 0.234 e. The highest BCUT2D eigenvalue weighted by Crippen LogP contribution is 2.19. The summed E-state index contributed by atoms with van der Waals surface area (Å²) in [5.74, 6) is 1.53. The highest BCUT2D eigenvalue weighted by molar-refractivity contribution is 7.99. The Morgan fingerprint density at radius 3 is 2.56 bits per heavy atom. The minimum absolute atomic E-state index is 0.0918. The van der Waals surface area contributed by atoms with Crippen molar-refractivity contribution in [3.05, 3.63) is 64.9 Å². The summed E-state index contributed by atoms with van der Waals surface area (Å²) in [5, 5.41) is 12.4. The van der Waals surface area contributed by atoms with Gasteiger partial charge in [0, 0.05) is 17.8 Å². The van der Waals surface area contributed by atoms with E-state index >= 15 is 0 Å². The van der Waals surface area contributed by atoms with E-state index in [-0.39, 0.29) is 18.3 Å². The molecule has 0 saturated carbocycles. The Morgan fingerprint density at radius 2 is 1.85 bits per heavy atom. The molecule has 2 aromatic carbocycles. The fraction of sp³-hybridized carbons (Fsp3) is 0.211. The van der Waals surface area contributed by atoms with Gasteiger partial charge in [-0.25, -0.2) is 0 Å². The number of nitrogens with zero attached hydrogens (tertiary/aromatic N) is 3. The summed E-state index contributed by atoms with van der Waals surface area (Å²) in [5.41, 5.74) is 1.93. The second-order valence-corrected chi connectivity index (χ2v) is 7.28. The number of aromatic nitrogens is 3. The molecule has 6 nitrogen and oxygen atoms in total. The van der Waals surface area contributed by atoms with Gasteiger partial charge in [-0.2, -0.15) is 0 Å². The number of benzene rings is 2. The van der Waals surface area contributed by atoms with Crippen molar-refractivity contribution in [1.29, 1.82) is 0 Å². The molecule has 0 aliphatic heterocycles. The van der Waals surface area contributed by atoms with E-state index < -0.39 is 0 Å². The first-order valence-electron chi connectivity index (χ1n) is 8.27. The number of nitrogens with one attached hydrogen (secondary N) is 1. The third-order valence-electron chi connectivity index (χ3n) is 3.77. The molecular formula is C19H19ClN4O2S. The van der Waals surface area contributed by atoms with E-state index in [4.69, 9.17) is 16.3 Å². The Balaban J connectivity index is 1.51. The third kappa shape index (κ3) is 5.48. The van der Waals surface area contributed by atoms with Crippen molar-refractivity contribution >= 4 is 35.0 Å². The van der Waals surface area contributed by atoms with Crippen LogP contribution in [-0.4, -0.2) is 26.4 Å². The highest BCUT2D eigenvalue weighted by atomic mass is 35.5. The number of ether oxygens (including phenoxy) is 1. The monoisotopic (exact) mass is 402 g/mol. The molecule has 0 bridgehead atoms. The van der Waals surface area contributed by atoms with E-state index in [0.717, 1.165) is 11.3 Å². The average Bonchev–Trinajstić information content (AvgIpc) is 3.01. The molecule has 27 heavy (non-hydrogen) atoms. The second-order valence-electron chi connectivity index (χ2n) is 5.90. The van der Waals surface area contributed by atoms with Gasteiger partial charge in [-0.3, -0.25) is 4.79 Å². The molecule has 0 unspecified atom stereocenters. The number of carbonyl (C=O) groups excluding carboxylic acids is 1. The lowest BCUT2D eigenvalue weighted by molar-refractivity contribution is -0.113. The summed E-state index contributed by atoms with van der Waals surface area (Å²) in [6.07, 6.45) is 0. The molecule has 1 amide bonds. The number of hydrogen-bond acceptors (Lipinski definition) is 5. The molecule has 140 valence electrons. The summed E-state index contributed by atoms with van der Waals surface area (Å²) < 4.78 is 7.50. The molecule has 0 radical (unpaired) electrons. The van der Waals surface area contributed by atoms with Gasteiger partial charge in [0.05, 0.1) is 5.75 Å². The fourth-order valence-corrected chi connectivity index (χ4v) is 3.10. The molecule has 3 aromatic rings. The molecule has 1 heterocycles. The first-order valence-corrected chi connectivity index (χ1v) is 9.63. The molecule has 8 heteroatoms. The quantitative estimate of drug-likeness (QED) is 0.603. The van der Waals surface area contributed by atoms with Crippen molar-refractivity contribution < 1.29 is 9.53 Å². The lowest BCUT2D eigenvalue weighted by Crippen LogP contribution is -2.14. The predicted molar refractivity (Wildman–Crippen MR) is 107 cm³/mol. The number of hydrogen-bond donors (Lipinski definition) is 1. The number of anilines is 1.